The quantitative estimate of drug-likeness (QED) is 0.274. The monoisotopic (exact) mass is 199 g/mol. The van der Waals surface area contributed by atoms with Gasteiger partial charge in [0.1, 0.15) is 0 Å². The maximum absolute atomic E-state index is 10.5. The van der Waals surface area contributed by atoms with E-state index in [1.54, 1.807) is 12.1 Å². The Labute approximate surface area is 84.0 Å². The van der Waals surface area contributed by atoms with Crippen LogP contribution in [0.1, 0.15) is 0 Å². The molecule has 0 aliphatic rings. The molecule has 0 radical (unpaired) electrons. The summed E-state index contributed by atoms with van der Waals surface area (Å²) in [5, 5.41) is 10.5. The van der Waals surface area contributed by atoms with E-state index in [0.29, 0.717) is 4.59 Å². The molecule has 1 aromatic rings. The van der Waals surface area contributed by atoms with Gasteiger partial charge in [-0.05, 0) is 0 Å². The minimum atomic E-state index is 0. The first-order valence-corrected chi connectivity index (χ1v) is 3.11. The van der Waals surface area contributed by atoms with Crippen molar-refractivity contribution in [1.29, 1.82) is 0 Å². The molecule has 0 saturated carbocycles. The summed E-state index contributed by atoms with van der Waals surface area (Å²) in [4.78, 5) is 0. The van der Waals surface area contributed by atoms with Crippen molar-refractivity contribution in [1.82, 2.24) is 0 Å². The van der Waals surface area contributed by atoms with Crippen molar-refractivity contribution < 1.29 is 4.73 Å². The van der Waals surface area contributed by atoms with Crippen molar-refractivity contribution >= 4 is 50.2 Å². The Bertz CT molecular complexity index is 173. The van der Waals surface area contributed by atoms with E-state index in [4.69, 9.17) is 0 Å². The Kier molecular flexibility index (Phi) is 4.54. The second kappa shape index (κ2) is 4.31. The fourth-order valence-electron chi connectivity index (χ4n) is 0.419. The molecule has 1 aromatic heterocycles. The Hall–Kier alpha value is 0.469. The summed E-state index contributed by atoms with van der Waals surface area (Å²) in [6, 6.07) is 5.26. The van der Waals surface area contributed by atoms with Gasteiger partial charge in [0.25, 0.3) is 0 Å². The molecule has 0 atom stereocenters. The summed E-state index contributed by atoms with van der Waals surface area (Å²) >= 11 is 2.20. The van der Waals surface area contributed by atoms with Crippen LogP contribution < -0.4 is 9.32 Å². The van der Waals surface area contributed by atoms with Gasteiger partial charge in [-0.3, -0.25) is 0 Å². The van der Waals surface area contributed by atoms with Gasteiger partial charge in [0.05, 0.1) is 0 Å². The molecule has 0 aliphatic heterocycles. The van der Waals surface area contributed by atoms with E-state index in [1.807, 2.05) is 6.07 Å². The minimum absolute atomic E-state index is 0. The second-order valence-corrected chi connectivity index (χ2v) is 2.35. The van der Waals surface area contributed by atoms with Crippen LogP contribution >= 0.6 is 0 Å². The molecule has 9 heavy (non-hydrogen) atoms. The Morgan fingerprint density at radius 1 is 1.44 bits per heavy atom. The molecule has 0 saturated heterocycles. The van der Waals surface area contributed by atoms with Gasteiger partial charge in [0.2, 0.25) is 0 Å². The van der Waals surface area contributed by atoms with Gasteiger partial charge in [-0.25, -0.2) is 0 Å². The molecular weight excluding hydrogens is 192 g/mol. The van der Waals surface area contributed by atoms with E-state index in [-0.39, 0.29) is 29.6 Å². The van der Waals surface area contributed by atoms with Crippen molar-refractivity contribution in [2.24, 2.45) is 0 Å². The summed E-state index contributed by atoms with van der Waals surface area (Å²) in [6.07, 6.45) is 1.47. The SMILES string of the molecule is [NaH].[O-][n+]1ccccc1[SeH]. The first-order valence-electron chi connectivity index (χ1n) is 2.18. The van der Waals surface area contributed by atoms with Crippen molar-refractivity contribution in [3.8, 4) is 0 Å². The van der Waals surface area contributed by atoms with E-state index in [9.17, 15) is 5.21 Å². The first-order chi connectivity index (χ1) is 3.80. The van der Waals surface area contributed by atoms with Crippen molar-refractivity contribution in [2.45, 2.75) is 0 Å². The molecule has 0 aromatic carbocycles. The summed E-state index contributed by atoms with van der Waals surface area (Å²) < 4.78 is 1.47. The predicted octanol–water partition coefficient (Wildman–Crippen LogP) is -1.80. The van der Waals surface area contributed by atoms with E-state index in [2.05, 4.69) is 16.0 Å². The zero-order valence-corrected chi connectivity index (χ0v) is 5.99. The topological polar surface area (TPSA) is 26.9 Å². The van der Waals surface area contributed by atoms with Crippen molar-refractivity contribution in [2.75, 3.05) is 0 Å². The van der Waals surface area contributed by atoms with Crippen LogP contribution in [0.3, 0.4) is 0 Å². The van der Waals surface area contributed by atoms with Crippen molar-refractivity contribution in [3.63, 3.8) is 0 Å². The van der Waals surface area contributed by atoms with E-state index < -0.39 is 0 Å². The molecular formula is C5H6NNaOSe. The van der Waals surface area contributed by atoms with Gasteiger partial charge in [-0.1, -0.05) is 0 Å². The van der Waals surface area contributed by atoms with Crippen LogP contribution in [-0.2, 0) is 0 Å². The van der Waals surface area contributed by atoms with E-state index in [1.165, 1.54) is 6.20 Å². The van der Waals surface area contributed by atoms with Gasteiger partial charge in [0, 0.05) is 0 Å². The fourth-order valence-corrected chi connectivity index (χ4v) is 0.740. The summed E-state index contributed by atoms with van der Waals surface area (Å²) in [5.74, 6) is 0. The van der Waals surface area contributed by atoms with Crippen LogP contribution in [-0.4, -0.2) is 45.6 Å². The van der Waals surface area contributed by atoms with Gasteiger partial charge >= 0.3 is 84.5 Å². The molecule has 1 rings (SSSR count). The average Bonchev–Trinajstić information content (AvgIpc) is 1.77. The number of nitrogens with zero attached hydrogens (tertiary/aromatic N) is 1. The van der Waals surface area contributed by atoms with Crippen LogP contribution in [0.2, 0.25) is 0 Å². The van der Waals surface area contributed by atoms with Crippen LogP contribution in [0, 0.1) is 5.21 Å². The van der Waals surface area contributed by atoms with Gasteiger partial charge in [-0.2, -0.15) is 0 Å². The molecule has 4 heteroatoms. The number of hydrogen-bond donors (Lipinski definition) is 0. The molecule has 0 unspecified atom stereocenters. The van der Waals surface area contributed by atoms with Crippen LogP contribution in [0.5, 0.6) is 0 Å². The molecule has 0 fully saturated rings. The predicted molar refractivity (Wildman–Crippen MR) is 39.3 cm³/mol. The number of hydrogen-bond acceptors (Lipinski definition) is 1. The summed E-state index contributed by atoms with van der Waals surface area (Å²) in [5.41, 5.74) is 0. The number of rotatable bonds is 0. The molecule has 1 heterocycles. The Morgan fingerprint density at radius 2 is 2.11 bits per heavy atom. The zero-order chi connectivity index (χ0) is 5.98. The summed E-state index contributed by atoms with van der Waals surface area (Å²) in [6.45, 7) is 0. The van der Waals surface area contributed by atoms with E-state index in [0.717, 1.165) is 4.73 Å². The van der Waals surface area contributed by atoms with Crippen LogP contribution in [0.4, 0.5) is 0 Å². The fraction of sp³-hybridized carbons (Fsp3) is 0. The second-order valence-electron chi connectivity index (χ2n) is 1.38. The van der Waals surface area contributed by atoms with Crippen molar-refractivity contribution in [3.05, 3.63) is 29.6 Å². The van der Waals surface area contributed by atoms with Gasteiger partial charge in [0.15, 0.2) is 0 Å². The Balaban J connectivity index is 0.000000640. The Morgan fingerprint density at radius 3 is 2.44 bits per heavy atom. The molecule has 0 bridgehead atoms. The first kappa shape index (κ1) is 9.47. The molecule has 0 aliphatic carbocycles. The van der Waals surface area contributed by atoms with Crippen LogP contribution in [0.25, 0.3) is 0 Å². The maximum atomic E-state index is 10.5. The standard InChI is InChI=1S/C5H5NOSe.Na.H/c7-6-4-2-1-3-5(6)8;;/h1-4,8H;;. The van der Waals surface area contributed by atoms with Gasteiger partial charge < -0.3 is 0 Å². The zero-order valence-electron chi connectivity index (χ0n) is 4.11. The number of pyridine rings is 1. The molecule has 0 spiro atoms. The van der Waals surface area contributed by atoms with Crippen LogP contribution in [0.15, 0.2) is 24.4 Å². The summed E-state index contributed by atoms with van der Waals surface area (Å²) in [7, 11) is 0. The molecule has 2 nitrogen and oxygen atoms in total. The van der Waals surface area contributed by atoms with E-state index >= 15 is 0 Å². The molecule has 0 N–H and O–H groups in total. The third-order valence-corrected chi connectivity index (χ3v) is 1.53. The third-order valence-electron chi connectivity index (χ3n) is 0.804. The number of aromatic nitrogens is 1. The third kappa shape index (κ3) is 2.69. The normalized spacial score (nSPS) is 8.11. The molecule has 0 amide bonds. The average molecular weight is 198 g/mol. The van der Waals surface area contributed by atoms with Gasteiger partial charge in [-0.15, -0.1) is 0 Å². The molecule has 44 valence electrons.